The Morgan fingerprint density at radius 3 is 2.84 bits per heavy atom. The van der Waals surface area contributed by atoms with Gasteiger partial charge in [0, 0.05) is 12.6 Å². The minimum Gasteiger partial charge on any atom is -0.497 e. The predicted molar refractivity (Wildman–Crippen MR) is 74.8 cm³/mol. The van der Waals surface area contributed by atoms with Crippen LogP contribution in [0.2, 0.25) is 0 Å². The fourth-order valence-corrected chi connectivity index (χ4v) is 2.19. The molecular weight excluding hydrogens is 315 g/mol. The van der Waals surface area contributed by atoms with Crippen LogP contribution in [0.3, 0.4) is 0 Å². The summed E-state index contributed by atoms with van der Waals surface area (Å²) in [7, 11) is 1.53. The Hall–Kier alpha value is -1.53. The van der Waals surface area contributed by atoms with Crippen molar-refractivity contribution in [3.63, 3.8) is 0 Å². The molecule has 1 aromatic carbocycles. The van der Waals surface area contributed by atoms with Crippen LogP contribution < -0.4 is 15.8 Å². The van der Waals surface area contributed by atoms with E-state index in [1.165, 1.54) is 13.2 Å². The van der Waals surface area contributed by atoms with E-state index in [0.29, 0.717) is 17.2 Å². The average molecular weight is 329 g/mol. The van der Waals surface area contributed by atoms with Crippen molar-refractivity contribution in [1.82, 2.24) is 0 Å². The second-order valence-corrected chi connectivity index (χ2v) is 4.77. The fourth-order valence-electron chi connectivity index (χ4n) is 1.72. The van der Waals surface area contributed by atoms with Gasteiger partial charge in [-0.15, -0.1) is 0 Å². The van der Waals surface area contributed by atoms with Crippen LogP contribution in [-0.4, -0.2) is 13.7 Å². The number of nitrogens with two attached hydrogens (primary N) is 1. The topological polar surface area (TPSA) is 60.4 Å². The third kappa shape index (κ3) is 3.08. The van der Waals surface area contributed by atoms with Gasteiger partial charge in [-0.25, -0.2) is 4.39 Å². The quantitative estimate of drug-likeness (QED) is 0.884. The highest BCUT2D eigenvalue weighted by Gasteiger charge is 2.18. The summed E-state index contributed by atoms with van der Waals surface area (Å²) < 4.78 is 24.9. The molecule has 0 saturated carbocycles. The zero-order valence-electron chi connectivity index (χ0n) is 10.3. The lowest BCUT2D eigenvalue weighted by Crippen LogP contribution is -2.21. The molecule has 19 heavy (non-hydrogen) atoms. The van der Waals surface area contributed by atoms with Crippen molar-refractivity contribution >= 4 is 21.6 Å². The molecule has 1 atom stereocenters. The van der Waals surface area contributed by atoms with Gasteiger partial charge in [-0.05, 0) is 34.1 Å². The summed E-state index contributed by atoms with van der Waals surface area (Å²) in [6, 6.07) is 5.91. The molecule has 1 aromatic heterocycles. The van der Waals surface area contributed by atoms with Crippen molar-refractivity contribution < 1.29 is 13.5 Å². The van der Waals surface area contributed by atoms with Gasteiger partial charge in [0.25, 0.3) is 0 Å². The standard InChI is InChI=1S/C13H14BrFN2O2/c1-18-8-2-3-10(15)11(6-8)17-12(7-16)13-9(14)4-5-19-13/h2-6,12,17H,7,16H2,1H3. The Morgan fingerprint density at radius 2 is 2.26 bits per heavy atom. The first kappa shape index (κ1) is 13.9. The Morgan fingerprint density at radius 1 is 1.47 bits per heavy atom. The van der Waals surface area contributed by atoms with Crippen molar-refractivity contribution in [2.75, 3.05) is 19.0 Å². The van der Waals surface area contributed by atoms with E-state index in [0.717, 1.165) is 4.47 Å². The molecule has 3 N–H and O–H groups in total. The number of benzene rings is 1. The molecule has 4 nitrogen and oxygen atoms in total. The van der Waals surface area contributed by atoms with E-state index in [9.17, 15) is 4.39 Å². The van der Waals surface area contributed by atoms with E-state index in [2.05, 4.69) is 21.2 Å². The largest absolute Gasteiger partial charge is 0.497 e. The summed E-state index contributed by atoms with van der Waals surface area (Å²) in [5.74, 6) is 0.824. The molecule has 0 aliphatic carbocycles. The number of ether oxygens (including phenoxy) is 1. The van der Waals surface area contributed by atoms with Crippen LogP contribution in [-0.2, 0) is 0 Å². The Kier molecular flexibility index (Phi) is 4.44. The van der Waals surface area contributed by atoms with Gasteiger partial charge in [-0.3, -0.25) is 0 Å². The summed E-state index contributed by atoms with van der Waals surface area (Å²) in [6.07, 6.45) is 1.55. The normalized spacial score (nSPS) is 12.2. The lowest BCUT2D eigenvalue weighted by Gasteiger charge is -2.17. The van der Waals surface area contributed by atoms with Gasteiger partial charge in [-0.2, -0.15) is 0 Å². The zero-order valence-corrected chi connectivity index (χ0v) is 11.9. The van der Waals surface area contributed by atoms with Crippen molar-refractivity contribution in [2.45, 2.75) is 6.04 Å². The molecule has 6 heteroatoms. The Balaban J connectivity index is 2.26. The molecule has 0 spiro atoms. The summed E-state index contributed by atoms with van der Waals surface area (Å²) in [5, 5.41) is 3.01. The molecule has 0 bridgehead atoms. The summed E-state index contributed by atoms with van der Waals surface area (Å²) in [6.45, 7) is 0.267. The minimum atomic E-state index is -0.373. The number of hydrogen-bond donors (Lipinski definition) is 2. The van der Waals surface area contributed by atoms with E-state index in [1.807, 2.05) is 0 Å². The van der Waals surface area contributed by atoms with Gasteiger partial charge in [0.1, 0.15) is 17.3 Å². The predicted octanol–water partition coefficient (Wildman–Crippen LogP) is 3.30. The molecule has 2 rings (SSSR count). The molecule has 0 aliphatic rings. The van der Waals surface area contributed by atoms with Crippen LogP contribution in [0.5, 0.6) is 5.75 Å². The van der Waals surface area contributed by atoms with Crippen LogP contribution in [0.25, 0.3) is 0 Å². The number of halogens is 2. The number of nitrogens with one attached hydrogen (secondary N) is 1. The highest BCUT2D eigenvalue weighted by atomic mass is 79.9. The Bertz CT molecular complexity index is 559. The van der Waals surface area contributed by atoms with Crippen molar-refractivity contribution in [3.05, 3.63) is 46.6 Å². The van der Waals surface area contributed by atoms with Crippen LogP contribution in [0.1, 0.15) is 11.8 Å². The second-order valence-electron chi connectivity index (χ2n) is 3.91. The first-order valence-corrected chi connectivity index (χ1v) is 6.48. The highest BCUT2D eigenvalue weighted by Crippen LogP contribution is 2.29. The van der Waals surface area contributed by atoms with Gasteiger partial charge in [0.15, 0.2) is 0 Å². The maximum absolute atomic E-state index is 13.7. The van der Waals surface area contributed by atoms with Gasteiger partial charge in [-0.1, -0.05) is 0 Å². The van der Waals surface area contributed by atoms with E-state index < -0.39 is 0 Å². The smallest absolute Gasteiger partial charge is 0.146 e. The molecule has 0 fully saturated rings. The zero-order chi connectivity index (χ0) is 13.8. The highest BCUT2D eigenvalue weighted by molar-refractivity contribution is 9.10. The molecule has 1 unspecified atom stereocenters. The number of hydrogen-bond acceptors (Lipinski definition) is 4. The first-order valence-electron chi connectivity index (χ1n) is 5.68. The first-order chi connectivity index (χ1) is 9.15. The molecule has 0 amide bonds. The number of rotatable bonds is 5. The van der Waals surface area contributed by atoms with Crippen molar-refractivity contribution in [3.8, 4) is 5.75 Å². The van der Waals surface area contributed by atoms with Gasteiger partial charge < -0.3 is 20.2 Å². The number of methoxy groups -OCH3 is 1. The maximum atomic E-state index is 13.7. The molecule has 1 heterocycles. The molecule has 0 saturated heterocycles. The minimum absolute atomic E-state index is 0.267. The van der Waals surface area contributed by atoms with Gasteiger partial charge in [0.2, 0.25) is 0 Å². The fraction of sp³-hybridized carbons (Fsp3) is 0.231. The Labute approximate surface area is 118 Å². The van der Waals surface area contributed by atoms with Gasteiger partial charge >= 0.3 is 0 Å². The van der Waals surface area contributed by atoms with Crippen LogP contribution in [0.4, 0.5) is 10.1 Å². The lowest BCUT2D eigenvalue weighted by molar-refractivity contribution is 0.413. The summed E-state index contributed by atoms with van der Waals surface area (Å²) in [4.78, 5) is 0. The number of furan rings is 1. The number of anilines is 1. The summed E-state index contributed by atoms with van der Waals surface area (Å²) >= 11 is 3.36. The van der Waals surface area contributed by atoms with E-state index in [4.69, 9.17) is 14.9 Å². The van der Waals surface area contributed by atoms with E-state index >= 15 is 0 Å². The van der Waals surface area contributed by atoms with E-state index in [1.54, 1.807) is 24.5 Å². The van der Waals surface area contributed by atoms with Crippen molar-refractivity contribution in [1.29, 1.82) is 0 Å². The average Bonchev–Trinajstić information content (AvgIpc) is 2.84. The molecule has 2 aromatic rings. The second kappa shape index (κ2) is 6.08. The SMILES string of the molecule is COc1ccc(F)c(NC(CN)c2occc2Br)c1. The molecule has 102 valence electrons. The maximum Gasteiger partial charge on any atom is 0.146 e. The van der Waals surface area contributed by atoms with E-state index in [-0.39, 0.29) is 18.4 Å². The molecule has 0 radical (unpaired) electrons. The third-order valence-electron chi connectivity index (χ3n) is 2.70. The molecule has 0 aliphatic heterocycles. The van der Waals surface area contributed by atoms with Gasteiger partial charge in [0.05, 0.1) is 29.6 Å². The monoisotopic (exact) mass is 328 g/mol. The third-order valence-corrected chi connectivity index (χ3v) is 3.36. The summed E-state index contributed by atoms with van der Waals surface area (Å²) in [5.41, 5.74) is 6.02. The van der Waals surface area contributed by atoms with Crippen molar-refractivity contribution in [2.24, 2.45) is 5.73 Å². The van der Waals surface area contributed by atoms with Crippen LogP contribution in [0.15, 0.2) is 39.4 Å². The lowest BCUT2D eigenvalue weighted by atomic mass is 10.2. The van der Waals surface area contributed by atoms with Crippen LogP contribution >= 0.6 is 15.9 Å². The molecular formula is C13H14BrFN2O2. The van der Waals surface area contributed by atoms with Crippen LogP contribution in [0, 0.1) is 5.82 Å².